The minimum Gasteiger partial charge on any atom is -0.316 e. The van der Waals surface area contributed by atoms with Crippen LogP contribution in [0.2, 0.25) is 0 Å². The molecule has 19 heavy (non-hydrogen) atoms. The van der Waals surface area contributed by atoms with Crippen LogP contribution in [-0.4, -0.2) is 23.3 Å². The van der Waals surface area contributed by atoms with Crippen LogP contribution in [-0.2, 0) is 0 Å². The van der Waals surface area contributed by atoms with Crippen molar-refractivity contribution in [3.63, 3.8) is 0 Å². The lowest BCUT2D eigenvalue weighted by Crippen LogP contribution is -2.40. The summed E-state index contributed by atoms with van der Waals surface area (Å²) in [6.07, 6.45) is 5.31. The Labute approximate surface area is 121 Å². The summed E-state index contributed by atoms with van der Waals surface area (Å²) in [5.41, 5.74) is 2.45. The van der Waals surface area contributed by atoms with E-state index < -0.39 is 0 Å². The third kappa shape index (κ3) is 3.96. The number of hydrogen-bond acceptors (Lipinski definition) is 3. The molecular formula is C16H26N2S. The molecule has 2 rings (SSSR count). The molecule has 2 nitrogen and oxygen atoms in total. The highest BCUT2D eigenvalue weighted by Gasteiger charge is 2.29. The van der Waals surface area contributed by atoms with Crippen LogP contribution in [0.15, 0.2) is 17.2 Å². The van der Waals surface area contributed by atoms with Gasteiger partial charge in [-0.1, -0.05) is 13.3 Å². The van der Waals surface area contributed by atoms with Crippen molar-refractivity contribution in [3.05, 3.63) is 23.4 Å². The second-order valence-electron chi connectivity index (χ2n) is 5.76. The minimum atomic E-state index is 0.635. The minimum absolute atomic E-state index is 0.635. The molecule has 0 aromatic carbocycles. The van der Waals surface area contributed by atoms with Gasteiger partial charge in [-0.3, -0.25) is 0 Å². The summed E-state index contributed by atoms with van der Waals surface area (Å²) < 4.78 is 0. The number of hydrogen-bond donors (Lipinski definition) is 1. The van der Waals surface area contributed by atoms with E-state index in [4.69, 9.17) is 0 Å². The van der Waals surface area contributed by atoms with Crippen molar-refractivity contribution < 1.29 is 0 Å². The van der Waals surface area contributed by atoms with E-state index in [9.17, 15) is 0 Å². The highest BCUT2D eigenvalue weighted by atomic mass is 32.2. The molecule has 1 aromatic rings. The molecule has 1 aromatic heterocycles. The second-order valence-corrected chi connectivity index (χ2v) is 7.02. The van der Waals surface area contributed by atoms with Crippen LogP contribution in [0.5, 0.6) is 0 Å². The zero-order chi connectivity index (χ0) is 13.8. The summed E-state index contributed by atoms with van der Waals surface area (Å²) >= 11 is 1.97. The number of thioether (sulfide) groups is 1. The third-order valence-electron chi connectivity index (χ3n) is 4.19. The standard InChI is InChI=1S/C16H26N2S/c1-5-13-6-7-14(17-4)15(10-13)19-16-9-11(2)8-12(3)18-16/h8-9,13-15,17H,5-7,10H2,1-4H3. The predicted octanol–water partition coefficient (Wildman–Crippen LogP) is 3.96. The molecule has 1 heterocycles. The van der Waals surface area contributed by atoms with Gasteiger partial charge in [0.05, 0.1) is 5.03 Å². The maximum absolute atomic E-state index is 4.68. The van der Waals surface area contributed by atoms with Crippen LogP contribution in [0.1, 0.15) is 43.9 Å². The van der Waals surface area contributed by atoms with Gasteiger partial charge in [-0.15, -0.1) is 11.8 Å². The van der Waals surface area contributed by atoms with Crippen molar-refractivity contribution in [2.75, 3.05) is 7.05 Å². The van der Waals surface area contributed by atoms with E-state index in [1.807, 2.05) is 11.8 Å². The van der Waals surface area contributed by atoms with Crippen LogP contribution in [0.3, 0.4) is 0 Å². The predicted molar refractivity (Wildman–Crippen MR) is 83.8 cm³/mol. The first-order chi connectivity index (χ1) is 9.12. The summed E-state index contributed by atoms with van der Waals surface area (Å²) in [4.78, 5) is 4.68. The van der Waals surface area contributed by atoms with Gasteiger partial charge in [0.15, 0.2) is 0 Å². The lowest BCUT2D eigenvalue weighted by molar-refractivity contribution is 0.304. The fraction of sp³-hybridized carbons (Fsp3) is 0.688. The molecule has 0 bridgehead atoms. The Balaban J connectivity index is 2.09. The quantitative estimate of drug-likeness (QED) is 0.902. The van der Waals surface area contributed by atoms with Crippen molar-refractivity contribution in [2.45, 2.75) is 62.8 Å². The highest BCUT2D eigenvalue weighted by molar-refractivity contribution is 7.99. The summed E-state index contributed by atoms with van der Waals surface area (Å²) in [7, 11) is 2.10. The molecule has 0 aliphatic heterocycles. The van der Waals surface area contributed by atoms with E-state index in [1.54, 1.807) is 0 Å². The molecular weight excluding hydrogens is 252 g/mol. The number of aryl methyl sites for hydroxylation is 2. The Morgan fingerprint density at radius 2 is 2.11 bits per heavy atom. The smallest absolute Gasteiger partial charge is 0.0968 e. The Morgan fingerprint density at radius 3 is 2.74 bits per heavy atom. The molecule has 1 fully saturated rings. The molecule has 0 radical (unpaired) electrons. The molecule has 0 spiro atoms. The van der Waals surface area contributed by atoms with E-state index >= 15 is 0 Å². The Morgan fingerprint density at radius 1 is 1.32 bits per heavy atom. The van der Waals surface area contributed by atoms with Gasteiger partial charge in [-0.05, 0) is 63.8 Å². The number of rotatable bonds is 4. The molecule has 3 heteroatoms. The number of aromatic nitrogens is 1. The van der Waals surface area contributed by atoms with Crippen LogP contribution in [0.25, 0.3) is 0 Å². The normalized spacial score (nSPS) is 27.5. The zero-order valence-electron chi connectivity index (χ0n) is 12.6. The summed E-state index contributed by atoms with van der Waals surface area (Å²) in [5, 5.41) is 5.36. The first kappa shape index (κ1) is 14.9. The monoisotopic (exact) mass is 278 g/mol. The molecule has 1 saturated carbocycles. The molecule has 1 N–H and O–H groups in total. The fourth-order valence-corrected chi connectivity index (χ4v) is 4.63. The SMILES string of the molecule is CCC1CCC(NC)C(Sc2cc(C)cc(C)n2)C1. The van der Waals surface area contributed by atoms with Crippen molar-refractivity contribution >= 4 is 11.8 Å². The Hall–Kier alpha value is -0.540. The van der Waals surface area contributed by atoms with E-state index in [2.05, 4.69) is 50.3 Å². The molecule has 1 aliphatic carbocycles. The lowest BCUT2D eigenvalue weighted by atomic mass is 9.84. The molecule has 0 saturated heterocycles. The first-order valence-corrected chi connectivity index (χ1v) is 8.29. The van der Waals surface area contributed by atoms with Crippen molar-refractivity contribution in [2.24, 2.45) is 5.92 Å². The largest absolute Gasteiger partial charge is 0.316 e. The van der Waals surface area contributed by atoms with E-state index in [1.165, 1.54) is 36.3 Å². The van der Waals surface area contributed by atoms with E-state index in [0.717, 1.165) is 11.6 Å². The van der Waals surface area contributed by atoms with Crippen LogP contribution < -0.4 is 5.32 Å². The van der Waals surface area contributed by atoms with Gasteiger partial charge in [-0.25, -0.2) is 4.98 Å². The Bertz CT molecular complexity index is 399. The van der Waals surface area contributed by atoms with Gasteiger partial charge in [-0.2, -0.15) is 0 Å². The first-order valence-electron chi connectivity index (χ1n) is 7.41. The molecule has 0 amide bonds. The molecule has 1 aliphatic rings. The third-order valence-corrected chi connectivity index (χ3v) is 5.47. The van der Waals surface area contributed by atoms with Gasteiger partial charge < -0.3 is 5.32 Å². The maximum Gasteiger partial charge on any atom is 0.0968 e. The summed E-state index contributed by atoms with van der Waals surface area (Å²) in [6.45, 7) is 6.56. The molecule has 3 unspecified atom stereocenters. The molecule has 3 atom stereocenters. The average molecular weight is 278 g/mol. The zero-order valence-corrected chi connectivity index (χ0v) is 13.4. The van der Waals surface area contributed by atoms with Crippen LogP contribution in [0.4, 0.5) is 0 Å². The van der Waals surface area contributed by atoms with Gasteiger partial charge in [0, 0.05) is 17.0 Å². The topological polar surface area (TPSA) is 24.9 Å². The van der Waals surface area contributed by atoms with Crippen LogP contribution in [0, 0.1) is 19.8 Å². The lowest BCUT2D eigenvalue weighted by Gasteiger charge is -2.35. The van der Waals surface area contributed by atoms with Crippen molar-refractivity contribution in [1.82, 2.24) is 10.3 Å². The number of nitrogens with one attached hydrogen (secondary N) is 1. The van der Waals surface area contributed by atoms with E-state index in [0.29, 0.717) is 11.3 Å². The Kier molecular flexibility index (Phi) is 5.28. The summed E-state index contributed by atoms with van der Waals surface area (Å²) in [5.74, 6) is 0.896. The number of nitrogens with zero attached hydrogens (tertiary/aromatic N) is 1. The van der Waals surface area contributed by atoms with E-state index in [-0.39, 0.29) is 0 Å². The average Bonchev–Trinajstić information content (AvgIpc) is 2.37. The fourth-order valence-electron chi connectivity index (χ4n) is 3.06. The van der Waals surface area contributed by atoms with Crippen LogP contribution >= 0.6 is 11.8 Å². The second kappa shape index (κ2) is 6.76. The van der Waals surface area contributed by atoms with Gasteiger partial charge in [0.2, 0.25) is 0 Å². The van der Waals surface area contributed by atoms with Gasteiger partial charge in [0.1, 0.15) is 0 Å². The van der Waals surface area contributed by atoms with Crippen molar-refractivity contribution in [3.8, 4) is 0 Å². The molecule has 106 valence electrons. The van der Waals surface area contributed by atoms with Crippen molar-refractivity contribution in [1.29, 1.82) is 0 Å². The summed E-state index contributed by atoms with van der Waals surface area (Å²) in [6, 6.07) is 5.00. The maximum atomic E-state index is 4.68. The highest BCUT2D eigenvalue weighted by Crippen LogP contribution is 2.37. The van der Waals surface area contributed by atoms with Gasteiger partial charge in [0.25, 0.3) is 0 Å². The van der Waals surface area contributed by atoms with Gasteiger partial charge >= 0.3 is 0 Å². The number of pyridine rings is 1.